The number of ether oxygens (including phenoxy) is 3. The number of benzene rings is 1. The summed E-state index contributed by atoms with van der Waals surface area (Å²) in [5, 5.41) is 11.3. The summed E-state index contributed by atoms with van der Waals surface area (Å²) in [6.07, 6.45) is 0.211. The van der Waals surface area contributed by atoms with Crippen molar-refractivity contribution in [3.8, 4) is 11.5 Å². The number of carbonyl (C=O) groups is 2. The van der Waals surface area contributed by atoms with Crippen molar-refractivity contribution in [1.29, 1.82) is 0 Å². The summed E-state index contributed by atoms with van der Waals surface area (Å²) in [5.74, 6) is -2.34. The summed E-state index contributed by atoms with van der Waals surface area (Å²) in [6.45, 7) is 0.135. The lowest BCUT2D eigenvalue weighted by molar-refractivity contribution is -0.386. The monoisotopic (exact) mass is 295 g/mol. The molecule has 112 valence electrons. The molecule has 1 saturated heterocycles. The molecule has 1 atom stereocenters. The van der Waals surface area contributed by atoms with Crippen LogP contribution in [0.15, 0.2) is 12.1 Å². The normalized spacial score (nSPS) is 17.2. The second-order valence-electron chi connectivity index (χ2n) is 4.33. The Morgan fingerprint density at radius 3 is 2.57 bits per heavy atom. The molecule has 1 unspecified atom stereocenters. The molecule has 0 radical (unpaired) electrons. The molecule has 0 spiro atoms. The van der Waals surface area contributed by atoms with Gasteiger partial charge < -0.3 is 14.2 Å². The molecule has 0 bridgehead atoms. The SMILES string of the molecule is COc1ccc(C(=O)C2CCOC2=O)c([N+](=O)[O-])c1OC. The van der Waals surface area contributed by atoms with Crippen LogP contribution in [0.25, 0.3) is 0 Å². The Balaban J connectivity index is 2.55. The Hall–Kier alpha value is -2.64. The lowest BCUT2D eigenvalue weighted by Gasteiger charge is -2.11. The van der Waals surface area contributed by atoms with Crippen LogP contribution >= 0.6 is 0 Å². The number of rotatable bonds is 5. The van der Waals surface area contributed by atoms with Crippen molar-refractivity contribution in [2.45, 2.75) is 6.42 Å². The quantitative estimate of drug-likeness (QED) is 0.265. The fourth-order valence-electron chi connectivity index (χ4n) is 2.21. The number of Topliss-reactive ketones (excluding diaryl/α,β-unsaturated/α-hetero) is 1. The molecule has 2 rings (SSSR count). The first-order chi connectivity index (χ1) is 10.0. The van der Waals surface area contributed by atoms with Gasteiger partial charge in [-0.05, 0) is 12.1 Å². The lowest BCUT2D eigenvalue weighted by atomic mass is 9.95. The molecule has 0 amide bonds. The van der Waals surface area contributed by atoms with Gasteiger partial charge in [0, 0.05) is 6.42 Å². The zero-order valence-electron chi connectivity index (χ0n) is 11.5. The van der Waals surface area contributed by atoms with Gasteiger partial charge in [-0.2, -0.15) is 0 Å². The van der Waals surface area contributed by atoms with Gasteiger partial charge in [-0.3, -0.25) is 19.7 Å². The fourth-order valence-corrected chi connectivity index (χ4v) is 2.21. The Labute approximate surface area is 119 Å². The molecule has 1 aromatic carbocycles. The predicted octanol–water partition coefficient (Wildman–Crippen LogP) is 1.36. The molecule has 0 aliphatic carbocycles. The molecule has 1 heterocycles. The molecular formula is C13H13NO7. The van der Waals surface area contributed by atoms with Crippen LogP contribution in [0.4, 0.5) is 5.69 Å². The summed E-state index contributed by atoms with van der Waals surface area (Å²) >= 11 is 0. The second-order valence-corrected chi connectivity index (χ2v) is 4.33. The summed E-state index contributed by atoms with van der Waals surface area (Å²) in [7, 11) is 2.57. The van der Waals surface area contributed by atoms with Crippen molar-refractivity contribution in [2.24, 2.45) is 5.92 Å². The van der Waals surface area contributed by atoms with Crippen LogP contribution in [-0.2, 0) is 9.53 Å². The number of methoxy groups -OCH3 is 2. The number of carbonyl (C=O) groups excluding carboxylic acids is 2. The Morgan fingerprint density at radius 1 is 1.38 bits per heavy atom. The third-order valence-electron chi connectivity index (χ3n) is 3.22. The number of hydrogen-bond donors (Lipinski definition) is 0. The number of cyclic esters (lactones) is 1. The average Bonchev–Trinajstić information content (AvgIpc) is 2.90. The Bertz CT molecular complexity index is 611. The first-order valence-electron chi connectivity index (χ1n) is 6.11. The van der Waals surface area contributed by atoms with Crippen molar-refractivity contribution < 1.29 is 28.7 Å². The Morgan fingerprint density at radius 2 is 2.10 bits per heavy atom. The third kappa shape index (κ3) is 2.51. The molecule has 8 nitrogen and oxygen atoms in total. The van der Waals surface area contributed by atoms with Crippen molar-refractivity contribution in [2.75, 3.05) is 20.8 Å². The van der Waals surface area contributed by atoms with E-state index in [1.165, 1.54) is 26.4 Å². The van der Waals surface area contributed by atoms with Crippen molar-refractivity contribution >= 4 is 17.4 Å². The van der Waals surface area contributed by atoms with Gasteiger partial charge in [-0.25, -0.2) is 0 Å². The summed E-state index contributed by atoms with van der Waals surface area (Å²) in [4.78, 5) is 34.4. The molecule has 21 heavy (non-hydrogen) atoms. The zero-order valence-corrected chi connectivity index (χ0v) is 11.5. The maximum Gasteiger partial charge on any atom is 0.325 e. The van der Waals surface area contributed by atoms with Gasteiger partial charge in [0.1, 0.15) is 11.5 Å². The van der Waals surface area contributed by atoms with E-state index >= 15 is 0 Å². The van der Waals surface area contributed by atoms with E-state index in [1.54, 1.807) is 0 Å². The molecule has 1 aromatic rings. The van der Waals surface area contributed by atoms with Crippen molar-refractivity contribution in [3.05, 3.63) is 27.8 Å². The van der Waals surface area contributed by atoms with Crippen LogP contribution in [0.5, 0.6) is 11.5 Å². The van der Waals surface area contributed by atoms with Crippen molar-refractivity contribution in [1.82, 2.24) is 0 Å². The minimum absolute atomic E-state index is 0.134. The first kappa shape index (κ1) is 14.8. The minimum Gasteiger partial charge on any atom is -0.493 e. The zero-order chi connectivity index (χ0) is 15.6. The van der Waals surface area contributed by atoms with E-state index in [0.717, 1.165) is 0 Å². The largest absolute Gasteiger partial charge is 0.493 e. The van der Waals surface area contributed by atoms with Gasteiger partial charge in [-0.15, -0.1) is 0 Å². The molecule has 1 aliphatic rings. The highest BCUT2D eigenvalue weighted by atomic mass is 16.6. The number of nitrogens with zero attached hydrogens (tertiary/aromatic N) is 1. The van der Waals surface area contributed by atoms with Crippen LogP contribution in [0.2, 0.25) is 0 Å². The van der Waals surface area contributed by atoms with Gasteiger partial charge >= 0.3 is 11.7 Å². The highest BCUT2D eigenvalue weighted by Crippen LogP contribution is 2.40. The van der Waals surface area contributed by atoms with E-state index in [1.807, 2.05) is 0 Å². The molecule has 0 saturated carbocycles. The number of hydrogen-bond acceptors (Lipinski definition) is 7. The fraction of sp³-hybridized carbons (Fsp3) is 0.385. The van der Waals surface area contributed by atoms with E-state index in [2.05, 4.69) is 0 Å². The lowest BCUT2D eigenvalue weighted by Crippen LogP contribution is -2.20. The highest BCUT2D eigenvalue weighted by Gasteiger charge is 2.38. The van der Waals surface area contributed by atoms with Crippen LogP contribution < -0.4 is 9.47 Å². The van der Waals surface area contributed by atoms with E-state index in [0.29, 0.717) is 0 Å². The third-order valence-corrected chi connectivity index (χ3v) is 3.22. The van der Waals surface area contributed by atoms with Gasteiger partial charge in [-0.1, -0.05) is 0 Å². The molecular weight excluding hydrogens is 282 g/mol. The maximum absolute atomic E-state index is 12.3. The minimum atomic E-state index is -1.01. The van der Waals surface area contributed by atoms with Gasteiger partial charge in [0.05, 0.1) is 25.7 Å². The smallest absolute Gasteiger partial charge is 0.325 e. The summed E-state index contributed by atoms with van der Waals surface area (Å²) in [6, 6.07) is 2.65. The first-order valence-corrected chi connectivity index (χ1v) is 6.11. The van der Waals surface area contributed by atoms with E-state index in [9.17, 15) is 19.7 Å². The molecule has 1 aliphatic heterocycles. The van der Waals surface area contributed by atoms with Crippen LogP contribution in [0, 0.1) is 16.0 Å². The highest BCUT2D eigenvalue weighted by molar-refractivity contribution is 6.12. The topological polar surface area (TPSA) is 105 Å². The standard InChI is InChI=1S/C13H13NO7/c1-19-9-4-3-7(10(14(17)18)12(9)20-2)11(15)8-5-6-21-13(8)16/h3-4,8H,5-6H2,1-2H3. The second kappa shape index (κ2) is 5.78. The molecule has 1 fully saturated rings. The number of nitro benzene ring substituents is 1. The van der Waals surface area contributed by atoms with Gasteiger partial charge in [0.15, 0.2) is 11.5 Å². The summed E-state index contributed by atoms with van der Waals surface area (Å²) < 4.78 is 14.7. The molecule has 8 heteroatoms. The van der Waals surface area contributed by atoms with Gasteiger partial charge in [0.25, 0.3) is 0 Å². The van der Waals surface area contributed by atoms with Crippen LogP contribution in [0.3, 0.4) is 0 Å². The van der Waals surface area contributed by atoms with E-state index in [-0.39, 0.29) is 30.1 Å². The van der Waals surface area contributed by atoms with E-state index < -0.39 is 28.3 Å². The number of ketones is 1. The number of nitro groups is 1. The average molecular weight is 295 g/mol. The molecule has 0 aromatic heterocycles. The van der Waals surface area contributed by atoms with Gasteiger partial charge in [0.2, 0.25) is 5.75 Å². The van der Waals surface area contributed by atoms with Crippen LogP contribution in [-0.4, -0.2) is 37.5 Å². The number of esters is 1. The predicted molar refractivity (Wildman–Crippen MR) is 69.6 cm³/mol. The van der Waals surface area contributed by atoms with Crippen molar-refractivity contribution in [3.63, 3.8) is 0 Å². The van der Waals surface area contributed by atoms with E-state index in [4.69, 9.17) is 14.2 Å². The Kier molecular flexibility index (Phi) is 4.06. The maximum atomic E-state index is 12.3. The molecule has 0 N–H and O–H groups in total. The van der Waals surface area contributed by atoms with Crippen LogP contribution in [0.1, 0.15) is 16.8 Å². The summed E-state index contributed by atoms with van der Waals surface area (Å²) in [5.41, 5.74) is -0.706.